The molecule has 172 valence electrons. The maximum Gasteiger partial charge on any atom is 0.338 e. The number of furan rings is 1. The van der Waals surface area contributed by atoms with Gasteiger partial charge < -0.3 is 14.5 Å². The van der Waals surface area contributed by atoms with E-state index in [4.69, 9.17) is 9.15 Å². The van der Waals surface area contributed by atoms with E-state index in [1.54, 1.807) is 30.3 Å². The van der Waals surface area contributed by atoms with Crippen LogP contribution in [0.25, 0.3) is 0 Å². The topological polar surface area (TPSA) is 123 Å². The number of imide groups is 1. The lowest BCUT2D eigenvalue weighted by Crippen LogP contribution is -2.30. The minimum absolute atomic E-state index is 0.0259. The first-order valence-corrected chi connectivity index (χ1v) is 10.4. The molecule has 1 aromatic heterocycles. The highest BCUT2D eigenvalue weighted by Gasteiger charge is 2.36. The van der Waals surface area contributed by atoms with Crippen molar-refractivity contribution < 1.29 is 33.1 Å². The first kappa shape index (κ1) is 22.7. The molecule has 0 unspecified atom stereocenters. The molecule has 9 nitrogen and oxygen atoms in total. The summed E-state index contributed by atoms with van der Waals surface area (Å²) in [4.78, 5) is 62.9. The summed E-state index contributed by atoms with van der Waals surface area (Å²) in [6.07, 6.45) is 0.286. The van der Waals surface area contributed by atoms with E-state index in [1.807, 2.05) is 0 Å². The van der Waals surface area contributed by atoms with Crippen LogP contribution in [-0.2, 0) is 16.1 Å². The average molecular weight is 460 g/mol. The molecule has 2 aromatic carbocycles. The number of hydrogen-bond acceptors (Lipinski definition) is 7. The van der Waals surface area contributed by atoms with Gasteiger partial charge in [-0.05, 0) is 56.3 Å². The number of benzene rings is 2. The van der Waals surface area contributed by atoms with Crippen LogP contribution in [0.3, 0.4) is 0 Å². The van der Waals surface area contributed by atoms with Crippen molar-refractivity contribution in [2.24, 2.45) is 0 Å². The van der Waals surface area contributed by atoms with E-state index in [-0.39, 0.29) is 29.0 Å². The maximum atomic E-state index is 12.7. The molecule has 1 N–H and O–H groups in total. The SMILES string of the molecule is CC(=O)c1cccc(NC(=O)[C@@H](C)OC(=O)c2ccc3c(c2)C(=O)N(Cc2ccco2)C3=O)c1. The number of nitrogens with zero attached hydrogens (tertiary/aromatic N) is 1. The van der Waals surface area contributed by atoms with Gasteiger partial charge in [0.1, 0.15) is 5.76 Å². The molecule has 34 heavy (non-hydrogen) atoms. The van der Waals surface area contributed by atoms with Crippen molar-refractivity contribution in [3.8, 4) is 0 Å². The van der Waals surface area contributed by atoms with E-state index in [0.29, 0.717) is 17.0 Å². The van der Waals surface area contributed by atoms with Crippen LogP contribution < -0.4 is 5.32 Å². The smallest absolute Gasteiger partial charge is 0.338 e. The van der Waals surface area contributed by atoms with Gasteiger partial charge >= 0.3 is 5.97 Å². The monoisotopic (exact) mass is 460 g/mol. The Bertz CT molecular complexity index is 1310. The molecule has 0 saturated heterocycles. The fourth-order valence-electron chi connectivity index (χ4n) is 3.46. The molecule has 1 atom stereocenters. The van der Waals surface area contributed by atoms with Crippen molar-refractivity contribution in [1.29, 1.82) is 0 Å². The predicted octanol–water partition coefficient (Wildman–Crippen LogP) is 3.46. The lowest BCUT2D eigenvalue weighted by Gasteiger charge is -2.14. The Morgan fingerprint density at radius 1 is 0.971 bits per heavy atom. The highest BCUT2D eigenvalue weighted by Crippen LogP contribution is 2.26. The third-order valence-corrected chi connectivity index (χ3v) is 5.29. The van der Waals surface area contributed by atoms with Gasteiger partial charge in [-0.3, -0.25) is 24.1 Å². The second kappa shape index (κ2) is 9.14. The fourth-order valence-corrected chi connectivity index (χ4v) is 3.46. The summed E-state index contributed by atoms with van der Waals surface area (Å²) >= 11 is 0. The van der Waals surface area contributed by atoms with E-state index in [9.17, 15) is 24.0 Å². The van der Waals surface area contributed by atoms with Crippen LogP contribution >= 0.6 is 0 Å². The number of Topliss-reactive ketones (excluding diaryl/α,β-unsaturated/α-hetero) is 1. The van der Waals surface area contributed by atoms with Crippen LogP contribution in [0.2, 0.25) is 0 Å². The minimum Gasteiger partial charge on any atom is -0.467 e. The molecule has 0 saturated carbocycles. The van der Waals surface area contributed by atoms with Crippen molar-refractivity contribution in [2.45, 2.75) is 26.5 Å². The lowest BCUT2D eigenvalue weighted by atomic mass is 10.1. The zero-order chi connectivity index (χ0) is 24.4. The number of carbonyl (C=O) groups is 5. The summed E-state index contributed by atoms with van der Waals surface area (Å²) in [5, 5.41) is 2.59. The molecular formula is C25H20N2O7. The van der Waals surface area contributed by atoms with Crippen LogP contribution in [0, 0.1) is 0 Å². The van der Waals surface area contributed by atoms with Gasteiger partial charge in [-0.2, -0.15) is 0 Å². The van der Waals surface area contributed by atoms with Crippen LogP contribution in [0.5, 0.6) is 0 Å². The van der Waals surface area contributed by atoms with Crippen LogP contribution in [0.4, 0.5) is 5.69 Å². The zero-order valence-corrected chi connectivity index (χ0v) is 18.4. The van der Waals surface area contributed by atoms with Gasteiger partial charge in [0.05, 0.1) is 29.5 Å². The Morgan fingerprint density at radius 3 is 2.44 bits per heavy atom. The number of fused-ring (bicyclic) bond motifs is 1. The minimum atomic E-state index is -1.16. The van der Waals surface area contributed by atoms with E-state index in [1.165, 1.54) is 44.4 Å². The number of anilines is 1. The predicted molar refractivity (Wildman–Crippen MR) is 119 cm³/mol. The molecule has 0 fully saturated rings. The first-order chi connectivity index (χ1) is 16.2. The third kappa shape index (κ3) is 4.49. The van der Waals surface area contributed by atoms with Crippen molar-refractivity contribution in [3.63, 3.8) is 0 Å². The fraction of sp³-hybridized carbons (Fsp3) is 0.160. The number of amides is 3. The highest BCUT2D eigenvalue weighted by molar-refractivity contribution is 6.21. The normalized spacial score (nSPS) is 13.4. The van der Waals surface area contributed by atoms with E-state index >= 15 is 0 Å². The summed E-state index contributed by atoms with van der Waals surface area (Å²) in [7, 11) is 0. The molecule has 2 heterocycles. The van der Waals surface area contributed by atoms with Gasteiger partial charge in [0.2, 0.25) is 0 Å². The first-order valence-electron chi connectivity index (χ1n) is 10.4. The molecule has 1 aliphatic rings. The Kier molecular flexibility index (Phi) is 6.09. The molecule has 0 bridgehead atoms. The van der Waals surface area contributed by atoms with Crippen LogP contribution in [0.1, 0.15) is 61.0 Å². The standard InChI is InChI=1S/C25H20N2O7/c1-14(28)16-5-3-6-18(11-16)26-22(29)15(2)34-25(32)17-8-9-20-21(12-17)24(31)27(23(20)30)13-19-7-4-10-33-19/h3-12,15H,13H2,1-2H3,(H,26,29)/t15-/m1/s1. The maximum absolute atomic E-state index is 12.7. The zero-order valence-electron chi connectivity index (χ0n) is 18.4. The molecular weight excluding hydrogens is 440 g/mol. The van der Waals surface area contributed by atoms with Gasteiger partial charge in [-0.25, -0.2) is 4.79 Å². The molecule has 0 radical (unpaired) electrons. The Hall–Kier alpha value is -4.53. The summed E-state index contributed by atoms with van der Waals surface area (Å²) in [5.41, 5.74) is 1.09. The van der Waals surface area contributed by atoms with Gasteiger partial charge in [0.15, 0.2) is 11.9 Å². The Labute approximate surface area is 194 Å². The number of nitrogens with one attached hydrogen (secondary N) is 1. The van der Waals surface area contributed by atoms with Crippen LogP contribution in [-0.4, -0.2) is 40.5 Å². The second-order valence-corrected chi connectivity index (χ2v) is 7.71. The van der Waals surface area contributed by atoms with Crippen molar-refractivity contribution in [1.82, 2.24) is 4.90 Å². The van der Waals surface area contributed by atoms with Gasteiger partial charge in [0.25, 0.3) is 17.7 Å². The average Bonchev–Trinajstić information content (AvgIpc) is 3.42. The number of carbonyl (C=O) groups excluding carboxylic acids is 5. The Balaban J connectivity index is 1.43. The number of esters is 1. The summed E-state index contributed by atoms with van der Waals surface area (Å²) in [5.74, 6) is -2.16. The quantitative estimate of drug-likeness (QED) is 0.325. The third-order valence-electron chi connectivity index (χ3n) is 5.29. The summed E-state index contributed by atoms with van der Waals surface area (Å²) in [6.45, 7) is 2.78. The van der Waals surface area contributed by atoms with Crippen molar-refractivity contribution in [2.75, 3.05) is 5.32 Å². The molecule has 4 rings (SSSR count). The number of rotatable bonds is 7. The van der Waals surface area contributed by atoms with Crippen molar-refractivity contribution >= 4 is 35.2 Å². The largest absolute Gasteiger partial charge is 0.467 e. The highest BCUT2D eigenvalue weighted by atomic mass is 16.5. The van der Waals surface area contributed by atoms with Gasteiger partial charge in [-0.1, -0.05) is 12.1 Å². The molecule has 9 heteroatoms. The number of ketones is 1. The van der Waals surface area contributed by atoms with E-state index in [0.717, 1.165) is 4.90 Å². The lowest BCUT2D eigenvalue weighted by molar-refractivity contribution is -0.123. The Morgan fingerprint density at radius 2 is 1.74 bits per heavy atom. The summed E-state index contributed by atoms with van der Waals surface area (Å²) in [6, 6.07) is 13.7. The second-order valence-electron chi connectivity index (χ2n) is 7.71. The van der Waals surface area contributed by atoms with Gasteiger partial charge in [0, 0.05) is 11.3 Å². The number of hydrogen-bond donors (Lipinski definition) is 1. The molecule has 0 spiro atoms. The van der Waals surface area contributed by atoms with E-state index in [2.05, 4.69) is 5.32 Å². The summed E-state index contributed by atoms with van der Waals surface area (Å²) < 4.78 is 10.4. The van der Waals surface area contributed by atoms with Gasteiger partial charge in [-0.15, -0.1) is 0 Å². The number of ether oxygens (including phenoxy) is 1. The molecule has 1 aliphatic heterocycles. The van der Waals surface area contributed by atoms with Crippen molar-refractivity contribution in [3.05, 3.63) is 88.9 Å². The molecule has 3 aromatic rings. The van der Waals surface area contributed by atoms with E-state index < -0.39 is 29.8 Å². The molecule has 0 aliphatic carbocycles. The molecule has 3 amide bonds. The van der Waals surface area contributed by atoms with Crippen LogP contribution in [0.15, 0.2) is 65.3 Å².